The fourth-order valence-corrected chi connectivity index (χ4v) is 9.14. The third-order valence-electron chi connectivity index (χ3n) is 10.1. The topological polar surface area (TPSA) is 494 Å². The first kappa shape index (κ1) is 79.1. The molecule has 0 fully saturated rings. The Kier molecular flexibility index (Phi) is 36.0. The molecule has 31 nitrogen and oxygen atoms in total. The van der Waals surface area contributed by atoms with Crippen LogP contribution >= 0.6 is 0 Å². The van der Waals surface area contributed by atoms with Crippen molar-refractivity contribution < 1.29 is 244 Å². The molecule has 0 bridgehead atoms. The van der Waals surface area contributed by atoms with Crippen LogP contribution in [0.4, 0.5) is 58.4 Å². The SMILES string of the molecule is O=S(=O)([O-])c1cccc(Nc2nc(Nc3ccc(/C=C/c4ccc(Nc5nc(Nc6cccc(S(=O)(=O)[O-])c6)nc(N(CCO)CCO)n5)cc4S(=O)(=O)[O-])c(S(=O)(=O)[O-])c3)nc(N(CCO)CCO)n2)c1.OCCNCCO.[K+].[K+].[Na+].[Na+]. The maximum Gasteiger partial charge on any atom is 1.00 e. The summed E-state index contributed by atoms with van der Waals surface area (Å²) >= 11 is 0. The van der Waals surface area contributed by atoms with Crippen LogP contribution in [0, 0.1) is 0 Å². The van der Waals surface area contributed by atoms with Crippen LogP contribution in [0.5, 0.6) is 0 Å². The van der Waals surface area contributed by atoms with Crippen molar-refractivity contribution in [1.29, 1.82) is 0 Å². The minimum atomic E-state index is -5.31. The van der Waals surface area contributed by atoms with Gasteiger partial charge in [0, 0.05) is 62.0 Å². The van der Waals surface area contributed by atoms with Crippen LogP contribution in [-0.4, -0.2) is 191 Å². The average Bonchev–Trinajstić information content (AvgIpc) is 3.42. The van der Waals surface area contributed by atoms with E-state index in [9.17, 15) is 72.3 Å². The van der Waals surface area contributed by atoms with Gasteiger partial charge in [-0.05, 0) is 71.8 Å². The van der Waals surface area contributed by atoms with Gasteiger partial charge < -0.3 is 85.2 Å². The number of rotatable bonds is 28. The third kappa shape index (κ3) is 26.0. The molecule has 39 heteroatoms. The molecule has 0 saturated carbocycles. The van der Waals surface area contributed by atoms with E-state index in [1.165, 1.54) is 46.2 Å². The summed E-state index contributed by atoms with van der Waals surface area (Å²) in [5.74, 6) is -1.40. The van der Waals surface area contributed by atoms with Gasteiger partial charge >= 0.3 is 162 Å². The first-order valence-corrected chi connectivity index (χ1v) is 28.5. The first-order valence-electron chi connectivity index (χ1n) is 22.8. The Bertz CT molecular complexity index is 3320. The molecule has 0 aliphatic rings. The number of hydrogen-bond donors (Lipinski definition) is 11. The van der Waals surface area contributed by atoms with Gasteiger partial charge in [0.15, 0.2) is 0 Å². The normalized spacial score (nSPS) is 11.3. The molecule has 0 aliphatic carbocycles. The number of nitrogens with one attached hydrogen (secondary N) is 5. The molecule has 83 heavy (non-hydrogen) atoms. The first-order chi connectivity index (χ1) is 37.4. The van der Waals surface area contributed by atoms with Crippen molar-refractivity contribution in [3.63, 3.8) is 0 Å². The molecule has 0 spiro atoms. The fraction of sp³-hybridized carbons (Fsp3) is 0.273. The second-order valence-corrected chi connectivity index (χ2v) is 21.3. The van der Waals surface area contributed by atoms with Crippen molar-refractivity contribution >= 4 is 111 Å². The van der Waals surface area contributed by atoms with E-state index >= 15 is 0 Å². The minimum Gasteiger partial charge on any atom is -0.744 e. The Morgan fingerprint density at radius 2 is 0.711 bits per heavy atom. The summed E-state index contributed by atoms with van der Waals surface area (Å²) in [6.07, 6.45) is 2.10. The van der Waals surface area contributed by atoms with Crippen LogP contribution < -0.4 is 198 Å². The van der Waals surface area contributed by atoms with E-state index in [1.807, 2.05) is 0 Å². The molecule has 4 aromatic carbocycles. The van der Waals surface area contributed by atoms with E-state index in [0.717, 1.165) is 60.7 Å². The summed E-state index contributed by atoms with van der Waals surface area (Å²) in [6, 6.07) is 16.1. The molecule has 6 rings (SSSR count). The van der Waals surface area contributed by atoms with Crippen LogP contribution in [0.3, 0.4) is 0 Å². The summed E-state index contributed by atoms with van der Waals surface area (Å²) in [5, 5.41) is 68.5. The van der Waals surface area contributed by atoms with E-state index in [0.29, 0.717) is 13.1 Å². The Hall–Kier alpha value is -1.93. The molecule has 0 radical (unpaired) electrons. The second-order valence-electron chi connectivity index (χ2n) is 15.8. The van der Waals surface area contributed by atoms with Crippen molar-refractivity contribution in [3.05, 3.63) is 96.1 Å². The zero-order valence-electron chi connectivity index (χ0n) is 45.0. The zero-order valence-corrected chi connectivity index (χ0v) is 58.5. The van der Waals surface area contributed by atoms with Crippen LogP contribution in [-0.2, 0) is 40.5 Å². The largest absolute Gasteiger partial charge is 1.00 e. The Morgan fingerprint density at radius 3 is 0.976 bits per heavy atom. The summed E-state index contributed by atoms with van der Waals surface area (Å²) in [6.45, 7) is -0.576. The van der Waals surface area contributed by atoms with Crippen LogP contribution in [0.2, 0.25) is 0 Å². The van der Waals surface area contributed by atoms with Gasteiger partial charge in [-0.15, -0.1) is 0 Å². The average molecular weight is 1300 g/mol. The summed E-state index contributed by atoms with van der Waals surface area (Å²) in [4.78, 5) is 25.3. The van der Waals surface area contributed by atoms with E-state index in [1.54, 1.807) is 0 Å². The Morgan fingerprint density at radius 1 is 0.410 bits per heavy atom. The molecule has 0 amide bonds. The molecule has 0 aliphatic heterocycles. The number of aromatic nitrogens is 6. The number of aliphatic hydroxyl groups excluding tert-OH is 6. The standard InChI is InChI=1S/C40H44N12O16S4.C4H11NO2.2K.2Na/c53-17-13-51(14-18-54)39-47-35(41-27-3-1-5-31(21-27)69(57,58)59)45-37(49-39)43-29-11-9-25(33(23-29)71(63,64)65)7-8-26-10-12-30(24-34(26)72(66,67)68)44-38-46-36(48-40(50-38)52(15-19-55)16-20-56)42-28-4-2-6-32(22-28)70(60,61)62;6-3-1-5-2-4-7;;;;/h1-12,21-24,53-56H,13-20H2,(H,57,58,59)(H,60,61,62)(H,63,64,65)(H,66,67,68)(H2,41,43,45,47,49)(H2,42,44,46,48,50);5-7H,1-4H2;;;;/q;;4*+1/p-4/b8-7+;;;;;. The number of nitrogens with zero attached hydrogens (tertiary/aromatic N) is 8. The van der Waals surface area contributed by atoms with E-state index < -0.39 is 86.5 Å². The number of aliphatic hydroxyl groups is 6. The third-order valence-corrected chi connectivity index (χ3v) is 13.6. The Balaban J connectivity index is 0.00000294. The molecular weight excluding hydrogens is 1250 g/mol. The van der Waals surface area contributed by atoms with E-state index in [2.05, 4.69) is 56.5 Å². The molecule has 11 N–H and O–H groups in total. The van der Waals surface area contributed by atoms with E-state index in [-0.39, 0.29) is 271 Å². The molecule has 428 valence electrons. The van der Waals surface area contributed by atoms with Gasteiger partial charge in [0.2, 0.25) is 35.7 Å². The molecule has 0 saturated heterocycles. The quantitative estimate of drug-likeness (QED) is 0.00940. The number of anilines is 10. The van der Waals surface area contributed by atoms with Gasteiger partial charge in [0.05, 0.1) is 59.2 Å². The fourth-order valence-electron chi connectivity index (χ4n) is 6.71. The van der Waals surface area contributed by atoms with E-state index in [4.69, 9.17) is 10.2 Å². The minimum absolute atomic E-state index is 0. The summed E-state index contributed by atoms with van der Waals surface area (Å²) < 4.78 is 146. The van der Waals surface area contributed by atoms with Gasteiger partial charge in [-0.2, -0.15) is 29.9 Å². The van der Waals surface area contributed by atoms with Crippen LogP contribution in [0.15, 0.2) is 105 Å². The van der Waals surface area contributed by atoms with Crippen molar-refractivity contribution in [2.75, 3.05) is 110 Å². The van der Waals surface area contributed by atoms with Gasteiger partial charge in [-0.25, -0.2) is 33.7 Å². The van der Waals surface area contributed by atoms with Gasteiger partial charge in [0.1, 0.15) is 40.5 Å². The predicted octanol–water partition coefficient (Wildman–Crippen LogP) is -13.0. The van der Waals surface area contributed by atoms with Gasteiger partial charge in [-0.3, -0.25) is 0 Å². The van der Waals surface area contributed by atoms with Crippen molar-refractivity contribution in [2.24, 2.45) is 0 Å². The maximum atomic E-state index is 12.6. The maximum absolute atomic E-state index is 12.6. The zero-order chi connectivity index (χ0) is 58.0. The summed E-state index contributed by atoms with van der Waals surface area (Å²) in [7, 11) is -20.4. The number of hydrogen-bond acceptors (Lipinski definition) is 31. The smallest absolute Gasteiger partial charge is 0.744 e. The second kappa shape index (κ2) is 37.8. The van der Waals surface area contributed by atoms with Crippen molar-refractivity contribution in [1.82, 2.24) is 35.2 Å². The number of benzene rings is 4. The molecule has 0 atom stereocenters. The van der Waals surface area contributed by atoms with Crippen LogP contribution in [0.1, 0.15) is 11.1 Å². The molecular formula is C44H51K2N13Na2O18S4. The molecule has 0 unspecified atom stereocenters. The van der Waals surface area contributed by atoms with Crippen LogP contribution in [0.25, 0.3) is 12.2 Å². The van der Waals surface area contributed by atoms with Gasteiger partial charge in [0.25, 0.3) is 0 Å². The monoisotopic (exact) mass is 1300 g/mol. The summed E-state index contributed by atoms with van der Waals surface area (Å²) in [5.41, 5.74) is -0.656. The van der Waals surface area contributed by atoms with Crippen molar-refractivity contribution in [2.45, 2.75) is 19.6 Å². The Labute approximate surface area is 607 Å². The van der Waals surface area contributed by atoms with Gasteiger partial charge in [-0.1, -0.05) is 36.4 Å². The van der Waals surface area contributed by atoms with Crippen molar-refractivity contribution in [3.8, 4) is 0 Å². The molecule has 2 aromatic heterocycles. The predicted molar refractivity (Wildman–Crippen MR) is 279 cm³/mol. The molecule has 2 heterocycles. The molecule has 6 aromatic rings.